The Kier molecular flexibility index (Phi) is 5.23. The number of hydrogen-bond donors (Lipinski definition) is 0. The minimum atomic E-state index is -0.552. The van der Waals surface area contributed by atoms with E-state index >= 15 is 0 Å². The fourth-order valence-corrected chi connectivity index (χ4v) is 1.41. The molecule has 0 N–H and O–H groups in total. The third-order valence-electron chi connectivity index (χ3n) is 2.40. The van der Waals surface area contributed by atoms with Crippen LogP contribution < -0.4 is 0 Å². The van der Waals surface area contributed by atoms with E-state index in [1.165, 1.54) is 18.2 Å². The summed E-state index contributed by atoms with van der Waals surface area (Å²) in [6.07, 6.45) is 3.09. The summed E-state index contributed by atoms with van der Waals surface area (Å²) in [4.78, 5) is 27.8. The highest BCUT2D eigenvalue weighted by Gasteiger charge is 2.13. The normalized spacial score (nSPS) is 9.94. The Morgan fingerprint density at radius 2 is 2.17 bits per heavy atom. The molecule has 0 aromatic carbocycles. The molecule has 1 aromatic heterocycles. The first-order valence-corrected chi connectivity index (χ1v) is 5.47. The van der Waals surface area contributed by atoms with E-state index in [4.69, 9.17) is 0 Å². The highest BCUT2D eigenvalue weighted by molar-refractivity contribution is 5.93. The predicted octanol–water partition coefficient (Wildman–Crippen LogP) is 1.25. The van der Waals surface area contributed by atoms with Crippen LogP contribution in [0.4, 0.5) is 4.39 Å². The summed E-state index contributed by atoms with van der Waals surface area (Å²) in [7, 11) is 2.90. The van der Waals surface area contributed by atoms with Crippen LogP contribution >= 0.6 is 0 Å². The van der Waals surface area contributed by atoms with Gasteiger partial charge in [-0.25, -0.2) is 4.39 Å². The number of carbonyl (C=O) groups is 2. The fourth-order valence-electron chi connectivity index (χ4n) is 1.41. The Balaban J connectivity index is 2.49. The zero-order valence-corrected chi connectivity index (χ0v) is 10.4. The Morgan fingerprint density at radius 1 is 1.44 bits per heavy atom. The molecule has 0 aliphatic rings. The van der Waals surface area contributed by atoms with Crippen molar-refractivity contribution in [2.24, 2.45) is 0 Å². The zero-order valence-electron chi connectivity index (χ0n) is 10.4. The first kappa shape index (κ1) is 14.1. The smallest absolute Gasteiger partial charge is 0.305 e. The van der Waals surface area contributed by atoms with Gasteiger partial charge in [-0.3, -0.25) is 14.6 Å². The molecule has 0 aliphatic carbocycles. The number of pyridine rings is 1. The van der Waals surface area contributed by atoms with E-state index in [0.29, 0.717) is 13.0 Å². The van der Waals surface area contributed by atoms with Crippen molar-refractivity contribution < 1.29 is 18.7 Å². The maximum Gasteiger partial charge on any atom is 0.305 e. The molecule has 0 saturated carbocycles. The van der Waals surface area contributed by atoms with Crippen molar-refractivity contribution in [3.05, 3.63) is 29.8 Å². The van der Waals surface area contributed by atoms with Crippen molar-refractivity contribution >= 4 is 11.9 Å². The monoisotopic (exact) mass is 254 g/mol. The van der Waals surface area contributed by atoms with Crippen LogP contribution in [0.2, 0.25) is 0 Å². The highest BCUT2D eigenvalue weighted by atomic mass is 19.1. The van der Waals surface area contributed by atoms with Gasteiger partial charge in [0.1, 0.15) is 5.82 Å². The Bertz CT molecular complexity index is 437. The molecule has 1 aromatic rings. The summed E-state index contributed by atoms with van der Waals surface area (Å²) in [5.41, 5.74) is 0.190. The van der Waals surface area contributed by atoms with Crippen LogP contribution in [0.25, 0.3) is 0 Å². The van der Waals surface area contributed by atoms with Crippen LogP contribution in [0.5, 0.6) is 0 Å². The lowest BCUT2D eigenvalue weighted by molar-refractivity contribution is -0.140. The van der Waals surface area contributed by atoms with Gasteiger partial charge >= 0.3 is 5.97 Å². The summed E-state index contributed by atoms with van der Waals surface area (Å²) < 4.78 is 17.4. The first-order valence-electron chi connectivity index (χ1n) is 5.47. The molecule has 0 bridgehead atoms. The number of aromatic nitrogens is 1. The molecule has 0 fully saturated rings. The molecule has 6 heteroatoms. The van der Waals surface area contributed by atoms with E-state index in [2.05, 4.69) is 9.72 Å². The molecule has 0 unspecified atom stereocenters. The van der Waals surface area contributed by atoms with E-state index in [0.717, 1.165) is 12.3 Å². The molecule has 0 spiro atoms. The van der Waals surface area contributed by atoms with Gasteiger partial charge in [0.15, 0.2) is 0 Å². The molecule has 1 amide bonds. The first-order chi connectivity index (χ1) is 8.54. The summed E-state index contributed by atoms with van der Waals surface area (Å²) in [5.74, 6) is -1.20. The molecule has 0 atom stereocenters. The van der Waals surface area contributed by atoms with Gasteiger partial charge in [-0.2, -0.15) is 0 Å². The van der Waals surface area contributed by atoms with Gasteiger partial charge in [0, 0.05) is 26.2 Å². The minimum absolute atomic E-state index is 0.190. The molecule has 0 aliphatic heterocycles. The summed E-state index contributed by atoms with van der Waals surface area (Å²) >= 11 is 0. The SMILES string of the molecule is COC(=O)CCCN(C)C(=O)c1cncc(F)c1. The number of carbonyl (C=O) groups excluding carboxylic acids is 2. The fraction of sp³-hybridized carbons (Fsp3) is 0.417. The minimum Gasteiger partial charge on any atom is -0.469 e. The number of methoxy groups -OCH3 is 1. The lowest BCUT2D eigenvalue weighted by Gasteiger charge is -2.16. The predicted molar refractivity (Wildman–Crippen MR) is 62.4 cm³/mol. The van der Waals surface area contributed by atoms with Crippen LogP contribution in [-0.4, -0.2) is 42.5 Å². The van der Waals surface area contributed by atoms with Crippen molar-refractivity contribution in [1.29, 1.82) is 0 Å². The average Bonchev–Trinajstić information content (AvgIpc) is 2.37. The second kappa shape index (κ2) is 6.68. The molecule has 0 saturated heterocycles. The van der Waals surface area contributed by atoms with Crippen molar-refractivity contribution in [3.63, 3.8) is 0 Å². The van der Waals surface area contributed by atoms with Crippen molar-refractivity contribution in [3.8, 4) is 0 Å². The average molecular weight is 254 g/mol. The third-order valence-corrected chi connectivity index (χ3v) is 2.40. The number of amides is 1. The lowest BCUT2D eigenvalue weighted by atomic mass is 10.2. The molecular weight excluding hydrogens is 239 g/mol. The van der Waals surface area contributed by atoms with E-state index < -0.39 is 5.82 Å². The number of rotatable bonds is 5. The topological polar surface area (TPSA) is 59.5 Å². The van der Waals surface area contributed by atoms with Gasteiger partial charge in [-0.15, -0.1) is 0 Å². The van der Waals surface area contributed by atoms with Crippen LogP contribution in [-0.2, 0) is 9.53 Å². The number of ether oxygens (including phenoxy) is 1. The quantitative estimate of drug-likeness (QED) is 0.742. The third kappa shape index (κ3) is 4.12. The molecule has 18 heavy (non-hydrogen) atoms. The number of halogens is 1. The van der Waals surface area contributed by atoms with Crippen LogP contribution in [0.3, 0.4) is 0 Å². The summed E-state index contributed by atoms with van der Waals surface area (Å²) in [6, 6.07) is 1.13. The van der Waals surface area contributed by atoms with E-state index in [1.807, 2.05) is 0 Å². The molecule has 98 valence electrons. The van der Waals surface area contributed by atoms with E-state index in [9.17, 15) is 14.0 Å². The Hall–Kier alpha value is -1.98. The number of esters is 1. The van der Waals surface area contributed by atoms with Crippen molar-refractivity contribution in [2.45, 2.75) is 12.8 Å². The van der Waals surface area contributed by atoms with Gasteiger partial charge in [0.2, 0.25) is 0 Å². The second-order valence-electron chi connectivity index (χ2n) is 3.80. The van der Waals surface area contributed by atoms with Crippen molar-refractivity contribution in [2.75, 3.05) is 20.7 Å². The lowest BCUT2D eigenvalue weighted by Crippen LogP contribution is -2.28. The van der Waals surface area contributed by atoms with Crippen LogP contribution in [0.1, 0.15) is 23.2 Å². The summed E-state index contributed by atoms with van der Waals surface area (Å²) in [6.45, 7) is 0.393. The highest BCUT2D eigenvalue weighted by Crippen LogP contribution is 2.05. The Labute approximate surface area is 105 Å². The van der Waals surface area contributed by atoms with E-state index in [1.54, 1.807) is 7.05 Å². The van der Waals surface area contributed by atoms with Gasteiger partial charge in [0.05, 0.1) is 18.9 Å². The maximum absolute atomic E-state index is 12.9. The largest absolute Gasteiger partial charge is 0.469 e. The standard InChI is InChI=1S/C12H15FN2O3/c1-15(5-3-4-11(16)18-2)12(17)9-6-10(13)8-14-7-9/h6-8H,3-5H2,1-2H3. The van der Waals surface area contributed by atoms with E-state index in [-0.39, 0.29) is 23.9 Å². The molecule has 0 radical (unpaired) electrons. The zero-order chi connectivity index (χ0) is 13.5. The number of nitrogens with zero attached hydrogens (tertiary/aromatic N) is 2. The van der Waals surface area contributed by atoms with Crippen LogP contribution in [0, 0.1) is 5.82 Å². The molecule has 1 heterocycles. The van der Waals surface area contributed by atoms with Crippen LogP contribution in [0.15, 0.2) is 18.5 Å². The van der Waals surface area contributed by atoms with Gasteiger partial charge in [-0.05, 0) is 12.5 Å². The molecule has 1 rings (SSSR count). The molecular formula is C12H15FN2O3. The maximum atomic E-state index is 12.9. The van der Waals surface area contributed by atoms with Gasteiger partial charge in [-0.1, -0.05) is 0 Å². The summed E-state index contributed by atoms with van der Waals surface area (Å²) in [5, 5.41) is 0. The Morgan fingerprint density at radius 3 is 2.78 bits per heavy atom. The van der Waals surface area contributed by atoms with Gasteiger partial charge < -0.3 is 9.64 Å². The molecule has 5 nitrogen and oxygen atoms in total. The second-order valence-corrected chi connectivity index (χ2v) is 3.80. The number of hydrogen-bond acceptors (Lipinski definition) is 4. The van der Waals surface area contributed by atoms with Gasteiger partial charge in [0.25, 0.3) is 5.91 Å². The van der Waals surface area contributed by atoms with Crippen molar-refractivity contribution in [1.82, 2.24) is 9.88 Å².